The lowest BCUT2D eigenvalue weighted by Crippen LogP contribution is -2.46. The number of aliphatic carboxylic acids is 1. The Morgan fingerprint density at radius 2 is 1.54 bits per heavy atom. The van der Waals surface area contributed by atoms with Crippen LogP contribution in [0, 0.1) is 5.92 Å². The molecule has 7 heteroatoms. The summed E-state index contributed by atoms with van der Waals surface area (Å²) in [7, 11) is 3.08. The van der Waals surface area contributed by atoms with Crippen molar-refractivity contribution in [3.05, 3.63) is 83.4 Å². The second-order valence-electron chi connectivity index (χ2n) is 9.59. The highest BCUT2D eigenvalue weighted by Crippen LogP contribution is 2.44. The Kier molecular flexibility index (Phi) is 8.01. The molecule has 0 aliphatic heterocycles. The molecular weight excluding hydrogens is 470 g/mol. The molecule has 0 saturated carbocycles. The second kappa shape index (κ2) is 11.4. The third-order valence-corrected chi connectivity index (χ3v) is 6.76. The van der Waals surface area contributed by atoms with Gasteiger partial charge in [0.15, 0.2) is 0 Å². The third kappa shape index (κ3) is 5.56. The number of hydrogen-bond donors (Lipinski definition) is 1. The van der Waals surface area contributed by atoms with Gasteiger partial charge >= 0.3 is 12.1 Å². The number of rotatable bonds is 10. The summed E-state index contributed by atoms with van der Waals surface area (Å²) in [6, 6.07) is 20.4. The largest absolute Gasteiger partial charge is 0.497 e. The molecule has 194 valence electrons. The maximum absolute atomic E-state index is 13.6. The van der Waals surface area contributed by atoms with Crippen molar-refractivity contribution in [3.8, 4) is 22.6 Å². The normalized spacial score (nSPS) is 13.0. The number of ether oxygens (including phenoxy) is 3. The van der Waals surface area contributed by atoms with Crippen molar-refractivity contribution in [1.82, 2.24) is 4.90 Å². The van der Waals surface area contributed by atoms with Gasteiger partial charge in [-0.05, 0) is 46.7 Å². The first-order chi connectivity index (χ1) is 17.8. The minimum Gasteiger partial charge on any atom is -0.497 e. The number of methoxy groups -OCH3 is 2. The molecule has 3 aromatic rings. The quantitative estimate of drug-likeness (QED) is 0.368. The number of carboxylic acids is 1. The SMILES string of the molecule is COc1ccc(CN(C(=O)OCC2c3ccccc3-c3ccccc32)C(CC(C)C)C(=O)O)c(OC)c1. The Bertz CT molecular complexity index is 1220. The van der Waals surface area contributed by atoms with Gasteiger partial charge < -0.3 is 19.3 Å². The first-order valence-electron chi connectivity index (χ1n) is 12.4. The number of nitrogens with zero attached hydrogens (tertiary/aromatic N) is 1. The van der Waals surface area contributed by atoms with Crippen molar-refractivity contribution < 1.29 is 28.9 Å². The van der Waals surface area contributed by atoms with E-state index in [-0.39, 0.29) is 31.4 Å². The van der Waals surface area contributed by atoms with Crippen LogP contribution in [0.4, 0.5) is 4.79 Å². The van der Waals surface area contributed by atoms with Crippen molar-refractivity contribution in [2.45, 2.75) is 38.8 Å². The summed E-state index contributed by atoms with van der Waals surface area (Å²) in [5.41, 5.74) is 5.10. The van der Waals surface area contributed by atoms with Crippen LogP contribution in [0.3, 0.4) is 0 Å². The Balaban J connectivity index is 1.62. The average molecular weight is 504 g/mol. The molecule has 0 aromatic heterocycles. The molecule has 1 atom stereocenters. The standard InChI is InChI=1S/C30H33NO6/c1-19(2)15-27(29(32)33)31(17-20-13-14-21(35-3)16-28(20)36-4)30(34)37-18-26-24-11-7-5-9-22(24)23-10-6-8-12-25(23)26/h5-14,16,19,26-27H,15,17-18H2,1-4H3,(H,32,33). The van der Waals surface area contributed by atoms with Gasteiger partial charge in [-0.2, -0.15) is 0 Å². The fraction of sp³-hybridized carbons (Fsp3) is 0.333. The van der Waals surface area contributed by atoms with E-state index in [1.54, 1.807) is 25.3 Å². The summed E-state index contributed by atoms with van der Waals surface area (Å²) >= 11 is 0. The molecule has 4 rings (SSSR count). The molecule has 1 N–H and O–H groups in total. The van der Waals surface area contributed by atoms with E-state index in [1.807, 2.05) is 50.2 Å². The fourth-order valence-corrected chi connectivity index (χ4v) is 4.95. The molecule has 0 fully saturated rings. The summed E-state index contributed by atoms with van der Waals surface area (Å²) in [5, 5.41) is 10.1. The van der Waals surface area contributed by atoms with Gasteiger partial charge in [-0.1, -0.05) is 62.4 Å². The molecule has 1 unspecified atom stereocenters. The van der Waals surface area contributed by atoms with Crippen molar-refractivity contribution in [2.24, 2.45) is 5.92 Å². The number of carbonyl (C=O) groups excluding carboxylic acids is 1. The van der Waals surface area contributed by atoms with Crippen LogP contribution in [0.1, 0.15) is 42.9 Å². The summed E-state index contributed by atoms with van der Waals surface area (Å²) < 4.78 is 16.6. The van der Waals surface area contributed by atoms with E-state index in [9.17, 15) is 14.7 Å². The first-order valence-corrected chi connectivity index (χ1v) is 12.4. The number of amides is 1. The monoisotopic (exact) mass is 503 g/mol. The number of fused-ring (bicyclic) bond motifs is 3. The second-order valence-corrected chi connectivity index (χ2v) is 9.59. The van der Waals surface area contributed by atoms with E-state index >= 15 is 0 Å². The van der Waals surface area contributed by atoms with Gasteiger partial charge in [-0.3, -0.25) is 4.90 Å². The average Bonchev–Trinajstić information content (AvgIpc) is 3.22. The molecule has 1 aliphatic carbocycles. The van der Waals surface area contributed by atoms with E-state index in [0.717, 1.165) is 22.3 Å². The van der Waals surface area contributed by atoms with Crippen LogP contribution in [-0.2, 0) is 16.1 Å². The molecule has 0 bridgehead atoms. The predicted molar refractivity (Wildman–Crippen MR) is 141 cm³/mol. The zero-order valence-electron chi connectivity index (χ0n) is 21.6. The molecular formula is C30H33NO6. The van der Waals surface area contributed by atoms with Crippen molar-refractivity contribution >= 4 is 12.1 Å². The fourth-order valence-electron chi connectivity index (χ4n) is 4.95. The number of carbonyl (C=O) groups is 2. The van der Waals surface area contributed by atoms with Crippen molar-refractivity contribution in [3.63, 3.8) is 0 Å². The number of benzene rings is 3. The first kappa shape index (κ1) is 26.1. The van der Waals surface area contributed by atoms with Gasteiger partial charge in [0.1, 0.15) is 24.1 Å². The Morgan fingerprint density at radius 1 is 0.919 bits per heavy atom. The lowest BCUT2D eigenvalue weighted by molar-refractivity contribution is -0.143. The maximum atomic E-state index is 13.6. The highest BCUT2D eigenvalue weighted by molar-refractivity contribution is 5.81. The van der Waals surface area contributed by atoms with Crippen LogP contribution in [-0.4, -0.2) is 48.9 Å². The minimum atomic E-state index is -1.07. The molecule has 37 heavy (non-hydrogen) atoms. The van der Waals surface area contributed by atoms with Crippen LogP contribution < -0.4 is 9.47 Å². The summed E-state index contributed by atoms with van der Waals surface area (Å²) in [4.78, 5) is 27.2. The van der Waals surface area contributed by atoms with Crippen LogP contribution in [0.2, 0.25) is 0 Å². The zero-order chi connectivity index (χ0) is 26.5. The van der Waals surface area contributed by atoms with Gasteiger partial charge in [0, 0.05) is 17.5 Å². The Labute approximate surface area is 217 Å². The molecule has 0 saturated heterocycles. The molecule has 3 aromatic carbocycles. The van der Waals surface area contributed by atoms with Crippen LogP contribution in [0.5, 0.6) is 11.5 Å². The van der Waals surface area contributed by atoms with Crippen LogP contribution in [0.25, 0.3) is 11.1 Å². The van der Waals surface area contributed by atoms with Gasteiger partial charge in [0.2, 0.25) is 0 Å². The zero-order valence-corrected chi connectivity index (χ0v) is 21.6. The highest BCUT2D eigenvalue weighted by Gasteiger charge is 2.34. The topological polar surface area (TPSA) is 85.3 Å². The highest BCUT2D eigenvalue weighted by atomic mass is 16.6. The van der Waals surface area contributed by atoms with E-state index in [4.69, 9.17) is 14.2 Å². The lowest BCUT2D eigenvalue weighted by Gasteiger charge is -2.30. The van der Waals surface area contributed by atoms with Gasteiger partial charge in [0.25, 0.3) is 0 Å². The van der Waals surface area contributed by atoms with E-state index < -0.39 is 18.1 Å². The maximum Gasteiger partial charge on any atom is 0.410 e. The minimum absolute atomic E-state index is 0.0214. The summed E-state index contributed by atoms with van der Waals surface area (Å²) in [6.07, 6.45) is -0.384. The van der Waals surface area contributed by atoms with Crippen LogP contribution >= 0.6 is 0 Å². The smallest absolute Gasteiger partial charge is 0.410 e. The van der Waals surface area contributed by atoms with E-state index in [2.05, 4.69) is 12.1 Å². The Morgan fingerprint density at radius 3 is 2.08 bits per heavy atom. The molecule has 0 spiro atoms. The molecule has 1 aliphatic rings. The van der Waals surface area contributed by atoms with Gasteiger partial charge in [-0.15, -0.1) is 0 Å². The molecule has 1 amide bonds. The molecule has 7 nitrogen and oxygen atoms in total. The van der Waals surface area contributed by atoms with Gasteiger partial charge in [0.05, 0.1) is 20.8 Å². The number of carboxylic acid groups (broad SMARTS) is 1. The van der Waals surface area contributed by atoms with Crippen molar-refractivity contribution in [1.29, 1.82) is 0 Å². The molecule has 0 heterocycles. The van der Waals surface area contributed by atoms with Crippen molar-refractivity contribution in [2.75, 3.05) is 20.8 Å². The third-order valence-electron chi connectivity index (χ3n) is 6.76. The van der Waals surface area contributed by atoms with Crippen LogP contribution in [0.15, 0.2) is 66.7 Å². The lowest BCUT2D eigenvalue weighted by atomic mass is 9.98. The van der Waals surface area contributed by atoms with E-state index in [0.29, 0.717) is 17.1 Å². The summed E-state index contributed by atoms with van der Waals surface area (Å²) in [5.74, 6) is -0.0331. The Hall–Kier alpha value is -4.00. The number of hydrogen-bond acceptors (Lipinski definition) is 5. The summed E-state index contributed by atoms with van der Waals surface area (Å²) in [6.45, 7) is 3.99. The molecule has 0 radical (unpaired) electrons. The van der Waals surface area contributed by atoms with E-state index in [1.165, 1.54) is 12.0 Å². The predicted octanol–water partition coefficient (Wildman–Crippen LogP) is 5.95. The van der Waals surface area contributed by atoms with Gasteiger partial charge in [-0.25, -0.2) is 9.59 Å².